The molecule has 1 aliphatic rings. The number of aryl methyl sites for hydroxylation is 1. The summed E-state index contributed by atoms with van der Waals surface area (Å²) in [5.74, 6) is -0.189. The molecule has 0 atom stereocenters. The maximum atomic E-state index is 12.6. The fraction of sp³-hybridized carbons (Fsp3) is 0.167. The first-order chi connectivity index (χ1) is 13.9. The number of halogens is 1. The Bertz CT molecular complexity index is 1160. The van der Waals surface area contributed by atoms with E-state index in [1.807, 2.05) is 4.72 Å². The minimum absolute atomic E-state index is 0.115. The molecular weight excluding hydrogens is 420 g/mol. The van der Waals surface area contributed by atoms with Gasteiger partial charge in [-0.2, -0.15) is 5.10 Å². The van der Waals surface area contributed by atoms with Crippen LogP contribution in [0.1, 0.15) is 16.9 Å². The Hall–Kier alpha value is -3.11. The van der Waals surface area contributed by atoms with Crippen LogP contribution < -0.4 is 14.2 Å². The first-order valence-corrected chi connectivity index (χ1v) is 10.4. The summed E-state index contributed by atoms with van der Waals surface area (Å²) in [5, 5.41) is 4.54. The lowest BCUT2D eigenvalue weighted by molar-refractivity contribution is 0.0975. The molecule has 29 heavy (non-hydrogen) atoms. The van der Waals surface area contributed by atoms with Crippen molar-refractivity contribution in [3.05, 3.63) is 59.4 Å². The van der Waals surface area contributed by atoms with Crippen molar-refractivity contribution in [2.24, 2.45) is 0 Å². The monoisotopic (exact) mass is 434 g/mol. The summed E-state index contributed by atoms with van der Waals surface area (Å²) in [6.07, 6.45) is 1.88. The number of benzene rings is 1. The highest BCUT2D eigenvalue weighted by Gasteiger charge is 2.29. The van der Waals surface area contributed by atoms with E-state index in [9.17, 15) is 13.2 Å². The molecule has 11 heteroatoms. The van der Waals surface area contributed by atoms with Crippen molar-refractivity contribution < 1.29 is 22.7 Å². The lowest BCUT2D eigenvalue weighted by atomic mass is 10.3. The second kappa shape index (κ2) is 7.72. The zero-order valence-electron chi connectivity index (χ0n) is 14.9. The molecule has 3 heterocycles. The number of hydrogen-bond donors (Lipinski definition) is 1. The van der Waals surface area contributed by atoms with Crippen LogP contribution in [0.2, 0.25) is 5.02 Å². The van der Waals surface area contributed by atoms with Crippen LogP contribution in [-0.2, 0) is 16.6 Å². The van der Waals surface area contributed by atoms with E-state index in [1.165, 1.54) is 16.8 Å². The SMILES string of the molecule is O=C(NS(=O)(=O)c1cnn2c1OCCC2)c1cccc(Oc2ccc(Cl)cc2)n1. The number of amides is 1. The molecule has 0 saturated carbocycles. The molecule has 0 spiro atoms. The van der Waals surface area contributed by atoms with Crippen LogP contribution in [0, 0.1) is 0 Å². The van der Waals surface area contributed by atoms with E-state index >= 15 is 0 Å². The van der Waals surface area contributed by atoms with Crippen LogP contribution in [0.4, 0.5) is 0 Å². The van der Waals surface area contributed by atoms with E-state index in [1.54, 1.807) is 30.3 Å². The third-order valence-corrected chi connectivity index (χ3v) is 5.59. The molecule has 0 fully saturated rings. The van der Waals surface area contributed by atoms with Crippen molar-refractivity contribution in [2.45, 2.75) is 17.9 Å². The minimum atomic E-state index is -4.19. The van der Waals surface area contributed by atoms with E-state index in [4.69, 9.17) is 21.1 Å². The Kier molecular flexibility index (Phi) is 5.12. The van der Waals surface area contributed by atoms with Gasteiger partial charge in [-0.05, 0) is 30.3 Å². The topological polar surface area (TPSA) is 112 Å². The molecule has 9 nitrogen and oxygen atoms in total. The highest BCUT2D eigenvalue weighted by Crippen LogP contribution is 2.27. The number of pyridine rings is 1. The van der Waals surface area contributed by atoms with Gasteiger partial charge in [-0.3, -0.25) is 4.79 Å². The normalized spacial score (nSPS) is 13.3. The number of rotatable bonds is 5. The summed E-state index contributed by atoms with van der Waals surface area (Å²) in [4.78, 5) is 16.3. The van der Waals surface area contributed by atoms with Gasteiger partial charge in [-0.15, -0.1) is 0 Å². The summed E-state index contributed by atoms with van der Waals surface area (Å²) >= 11 is 5.83. The van der Waals surface area contributed by atoms with Gasteiger partial charge >= 0.3 is 0 Å². The van der Waals surface area contributed by atoms with E-state index in [-0.39, 0.29) is 22.3 Å². The van der Waals surface area contributed by atoms with Crippen molar-refractivity contribution in [1.82, 2.24) is 19.5 Å². The van der Waals surface area contributed by atoms with E-state index < -0.39 is 15.9 Å². The second-order valence-electron chi connectivity index (χ2n) is 6.09. The summed E-state index contributed by atoms with van der Waals surface area (Å²) < 4.78 is 39.6. The van der Waals surface area contributed by atoms with E-state index in [2.05, 4.69) is 10.1 Å². The molecule has 1 amide bonds. The Labute approximate surface area is 171 Å². The molecule has 0 aliphatic carbocycles. The summed E-state index contributed by atoms with van der Waals surface area (Å²) in [6.45, 7) is 0.929. The summed E-state index contributed by atoms with van der Waals surface area (Å²) in [7, 11) is -4.19. The van der Waals surface area contributed by atoms with Crippen LogP contribution in [0.15, 0.2) is 53.6 Å². The smallest absolute Gasteiger partial charge is 0.283 e. The molecule has 4 rings (SSSR count). The lowest BCUT2D eigenvalue weighted by Gasteiger charge is -2.16. The van der Waals surface area contributed by atoms with Crippen LogP contribution in [-0.4, -0.2) is 35.7 Å². The molecule has 1 N–H and O–H groups in total. The second-order valence-corrected chi connectivity index (χ2v) is 8.18. The highest BCUT2D eigenvalue weighted by molar-refractivity contribution is 7.90. The zero-order chi connectivity index (χ0) is 20.4. The first-order valence-electron chi connectivity index (χ1n) is 8.59. The number of nitrogens with zero attached hydrogens (tertiary/aromatic N) is 3. The Morgan fingerprint density at radius 2 is 2.00 bits per heavy atom. The van der Waals surface area contributed by atoms with E-state index in [0.29, 0.717) is 23.9 Å². The number of carbonyl (C=O) groups excluding carboxylic acids is 1. The Balaban J connectivity index is 1.52. The number of sulfonamides is 1. The Morgan fingerprint density at radius 3 is 2.79 bits per heavy atom. The molecule has 2 aromatic heterocycles. The van der Waals surface area contributed by atoms with Crippen molar-refractivity contribution in [2.75, 3.05) is 6.61 Å². The number of hydrogen-bond acceptors (Lipinski definition) is 7. The third-order valence-electron chi connectivity index (χ3n) is 4.02. The first kappa shape index (κ1) is 19.2. The molecule has 3 aromatic rings. The lowest BCUT2D eigenvalue weighted by Crippen LogP contribution is -2.31. The number of ether oxygens (including phenoxy) is 2. The van der Waals surface area contributed by atoms with Crippen LogP contribution >= 0.6 is 11.6 Å². The number of nitrogens with one attached hydrogen (secondary N) is 1. The maximum absolute atomic E-state index is 12.6. The number of carbonyl (C=O) groups is 1. The third kappa shape index (κ3) is 4.17. The molecule has 1 aliphatic heterocycles. The van der Waals surface area contributed by atoms with Gasteiger partial charge < -0.3 is 9.47 Å². The summed E-state index contributed by atoms with van der Waals surface area (Å²) in [5.41, 5.74) is -0.123. The maximum Gasteiger partial charge on any atom is 0.283 e. The van der Waals surface area contributed by atoms with Gasteiger partial charge in [0.25, 0.3) is 15.9 Å². The van der Waals surface area contributed by atoms with Gasteiger partial charge in [0.15, 0.2) is 4.90 Å². The van der Waals surface area contributed by atoms with Crippen molar-refractivity contribution in [3.8, 4) is 17.5 Å². The molecule has 1 aromatic carbocycles. The molecule has 0 unspecified atom stereocenters. The van der Waals surface area contributed by atoms with Crippen LogP contribution in [0.5, 0.6) is 17.5 Å². The van der Waals surface area contributed by atoms with Gasteiger partial charge in [-0.25, -0.2) is 22.8 Å². The molecular formula is C18H15ClN4O5S. The van der Waals surface area contributed by atoms with Gasteiger partial charge in [0.1, 0.15) is 11.4 Å². The van der Waals surface area contributed by atoms with Gasteiger partial charge in [0, 0.05) is 24.1 Å². The van der Waals surface area contributed by atoms with Crippen molar-refractivity contribution >= 4 is 27.5 Å². The predicted molar refractivity (Wildman–Crippen MR) is 103 cm³/mol. The van der Waals surface area contributed by atoms with Crippen LogP contribution in [0.3, 0.4) is 0 Å². The number of fused-ring (bicyclic) bond motifs is 1. The average Bonchev–Trinajstić information content (AvgIpc) is 3.15. The van der Waals surface area contributed by atoms with Gasteiger partial charge in [0.2, 0.25) is 11.8 Å². The molecule has 0 radical (unpaired) electrons. The molecule has 0 saturated heterocycles. The number of aromatic nitrogens is 3. The molecule has 150 valence electrons. The van der Waals surface area contributed by atoms with Crippen LogP contribution in [0.25, 0.3) is 0 Å². The highest BCUT2D eigenvalue weighted by atomic mass is 35.5. The fourth-order valence-electron chi connectivity index (χ4n) is 2.68. The minimum Gasteiger partial charge on any atom is -0.477 e. The Morgan fingerprint density at radius 1 is 1.21 bits per heavy atom. The predicted octanol–water partition coefficient (Wildman–Crippen LogP) is 2.62. The summed E-state index contributed by atoms with van der Waals surface area (Å²) in [6, 6.07) is 11.0. The van der Waals surface area contributed by atoms with Crippen molar-refractivity contribution in [3.63, 3.8) is 0 Å². The molecule has 0 bridgehead atoms. The van der Waals surface area contributed by atoms with Gasteiger partial charge in [0.05, 0.1) is 12.8 Å². The standard InChI is InChI=1S/C18H15ClN4O5S/c19-12-5-7-13(8-6-12)28-16-4-1-3-14(21-16)17(24)22-29(25,26)15-11-20-23-9-2-10-27-18(15)23/h1,3-8,11H,2,9-10H2,(H,22,24). The van der Waals surface area contributed by atoms with Crippen molar-refractivity contribution in [1.29, 1.82) is 0 Å². The fourth-order valence-corrected chi connectivity index (χ4v) is 3.84. The largest absolute Gasteiger partial charge is 0.477 e. The van der Waals surface area contributed by atoms with E-state index in [0.717, 1.165) is 12.6 Å². The zero-order valence-corrected chi connectivity index (χ0v) is 16.5. The average molecular weight is 435 g/mol. The van der Waals surface area contributed by atoms with Gasteiger partial charge in [-0.1, -0.05) is 17.7 Å². The quantitative estimate of drug-likeness (QED) is 0.656.